The summed E-state index contributed by atoms with van der Waals surface area (Å²) < 4.78 is 43.6. The quantitative estimate of drug-likeness (QED) is 0.636. The summed E-state index contributed by atoms with van der Waals surface area (Å²) in [5.41, 5.74) is -0.595. The normalized spacial score (nSPS) is 24.9. The second-order valence-corrected chi connectivity index (χ2v) is 7.97. The van der Waals surface area contributed by atoms with Crippen LogP contribution in [0.1, 0.15) is 36.4 Å². The van der Waals surface area contributed by atoms with Crippen molar-refractivity contribution in [2.24, 2.45) is 10.4 Å². The Balaban J connectivity index is 1.52. The molecule has 5 nitrogen and oxygen atoms in total. The smallest absolute Gasteiger partial charge is 0.381 e. The number of guanidine groups is 1. The number of nitrogens with one attached hydrogen (secondary N) is 1. The lowest BCUT2D eigenvalue weighted by molar-refractivity contribution is -0.140. The molecule has 2 aliphatic rings. The largest absolute Gasteiger partial charge is 0.434 e. The summed E-state index contributed by atoms with van der Waals surface area (Å²) in [5, 5.41) is 4.83. The van der Waals surface area contributed by atoms with Gasteiger partial charge in [-0.05, 0) is 25.7 Å². The van der Waals surface area contributed by atoms with Crippen molar-refractivity contribution in [2.45, 2.75) is 38.3 Å². The van der Waals surface area contributed by atoms with Crippen LogP contribution in [0, 0.1) is 5.41 Å². The molecule has 2 aliphatic heterocycles. The van der Waals surface area contributed by atoms with Crippen LogP contribution in [0.2, 0.25) is 0 Å². The van der Waals surface area contributed by atoms with Crippen molar-refractivity contribution >= 4 is 17.3 Å². The lowest BCUT2D eigenvalue weighted by Gasteiger charge is -2.45. The minimum Gasteiger partial charge on any atom is -0.381 e. The van der Waals surface area contributed by atoms with Crippen molar-refractivity contribution in [3.05, 3.63) is 16.1 Å². The Kier molecular flexibility index (Phi) is 6.06. The van der Waals surface area contributed by atoms with Crippen LogP contribution in [0.4, 0.5) is 13.2 Å². The lowest BCUT2D eigenvalue weighted by Crippen LogP contribution is -2.53. The van der Waals surface area contributed by atoms with Crippen LogP contribution in [0.25, 0.3) is 0 Å². The first-order valence-corrected chi connectivity index (χ1v) is 9.85. The molecule has 26 heavy (non-hydrogen) atoms. The van der Waals surface area contributed by atoms with Crippen molar-refractivity contribution in [1.82, 2.24) is 15.2 Å². The molecular weight excluding hydrogens is 365 g/mol. The summed E-state index contributed by atoms with van der Waals surface area (Å²) in [5.74, 6) is 0.808. The number of ether oxygens (including phenoxy) is 1. The third kappa shape index (κ3) is 4.68. The Morgan fingerprint density at radius 2 is 2.23 bits per heavy atom. The molecule has 2 fully saturated rings. The van der Waals surface area contributed by atoms with Gasteiger partial charge in [-0.15, -0.1) is 11.3 Å². The second kappa shape index (κ2) is 8.12. The number of hydrogen-bond donors (Lipinski definition) is 1. The lowest BCUT2D eigenvalue weighted by atomic mass is 9.76. The zero-order valence-electron chi connectivity index (χ0n) is 14.9. The standard InChI is InChI=1S/C17H25F3N4OS/c1-21-15(22-7-4-14-23-13(10-26-14)17(18,19)20)24-8-2-5-16(11-24)6-3-9-25-12-16/h10H,2-9,11-12H2,1H3,(H,21,22). The van der Waals surface area contributed by atoms with Gasteiger partial charge in [0, 0.05) is 50.5 Å². The maximum absolute atomic E-state index is 12.6. The third-order valence-corrected chi connectivity index (χ3v) is 5.95. The van der Waals surface area contributed by atoms with Crippen molar-refractivity contribution in [3.63, 3.8) is 0 Å². The monoisotopic (exact) mass is 390 g/mol. The fraction of sp³-hybridized carbons (Fsp3) is 0.765. The maximum atomic E-state index is 12.6. The van der Waals surface area contributed by atoms with Gasteiger partial charge in [-0.2, -0.15) is 13.2 Å². The van der Waals surface area contributed by atoms with E-state index in [0.29, 0.717) is 18.0 Å². The Hall–Kier alpha value is -1.35. The van der Waals surface area contributed by atoms with E-state index < -0.39 is 11.9 Å². The zero-order chi connectivity index (χ0) is 18.6. The minimum atomic E-state index is -4.37. The number of halogens is 3. The van der Waals surface area contributed by atoms with Gasteiger partial charge in [0.05, 0.1) is 11.6 Å². The molecule has 0 aromatic carbocycles. The van der Waals surface area contributed by atoms with E-state index >= 15 is 0 Å². The van der Waals surface area contributed by atoms with Gasteiger partial charge in [-0.1, -0.05) is 0 Å². The summed E-state index contributed by atoms with van der Waals surface area (Å²) in [7, 11) is 1.74. The molecular formula is C17H25F3N4OS. The van der Waals surface area contributed by atoms with Gasteiger partial charge in [-0.3, -0.25) is 4.99 Å². The number of thiazole rings is 1. The molecule has 0 radical (unpaired) electrons. The van der Waals surface area contributed by atoms with Crippen LogP contribution in [-0.4, -0.2) is 55.7 Å². The van der Waals surface area contributed by atoms with Gasteiger partial charge in [-0.25, -0.2) is 4.98 Å². The summed E-state index contributed by atoms with van der Waals surface area (Å²) >= 11 is 1.05. The fourth-order valence-corrected chi connectivity index (χ4v) is 4.60. The van der Waals surface area contributed by atoms with Crippen LogP contribution in [0.5, 0.6) is 0 Å². The molecule has 0 bridgehead atoms. The molecule has 3 rings (SSSR count). The number of alkyl halides is 3. The molecule has 1 aromatic heterocycles. The maximum Gasteiger partial charge on any atom is 0.434 e. The number of aromatic nitrogens is 1. The summed E-state index contributed by atoms with van der Waals surface area (Å²) in [6.07, 6.45) is 0.640. The zero-order valence-corrected chi connectivity index (χ0v) is 15.8. The molecule has 1 N–H and O–H groups in total. The summed E-state index contributed by atoms with van der Waals surface area (Å²) in [4.78, 5) is 10.3. The molecule has 9 heteroatoms. The second-order valence-electron chi connectivity index (χ2n) is 7.03. The van der Waals surface area contributed by atoms with Crippen LogP contribution >= 0.6 is 11.3 Å². The highest BCUT2D eigenvalue weighted by Crippen LogP contribution is 2.37. The topological polar surface area (TPSA) is 49.8 Å². The summed E-state index contributed by atoms with van der Waals surface area (Å²) in [6.45, 7) is 4.03. The molecule has 0 amide bonds. The molecule has 0 aliphatic carbocycles. The highest BCUT2D eigenvalue weighted by molar-refractivity contribution is 7.09. The first-order chi connectivity index (χ1) is 12.4. The number of piperidine rings is 1. The molecule has 1 spiro atoms. The van der Waals surface area contributed by atoms with Gasteiger partial charge in [0.15, 0.2) is 11.7 Å². The van der Waals surface area contributed by atoms with Crippen LogP contribution < -0.4 is 5.32 Å². The van der Waals surface area contributed by atoms with Crippen LogP contribution in [0.15, 0.2) is 10.4 Å². The van der Waals surface area contributed by atoms with E-state index in [1.165, 1.54) is 12.8 Å². The number of nitrogens with zero attached hydrogens (tertiary/aromatic N) is 3. The van der Waals surface area contributed by atoms with Gasteiger partial charge < -0.3 is 15.0 Å². The predicted octanol–water partition coefficient (Wildman–Crippen LogP) is 3.17. The van der Waals surface area contributed by atoms with Gasteiger partial charge in [0.1, 0.15) is 0 Å². The predicted molar refractivity (Wildman–Crippen MR) is 95.5 cm³/mol. The number of likely N-dealkylation sites (tertiary alicyclic amines) is 1. The average Bonchev–Trinajstić information content (AvgIpc) is 3.09. The van der Waals surface area contributed by atoms with E-state index in [1.807, 2.05) is 0 Å². The van der Waals surface area contributed by atoms with Gasteiger partial charge in [0.2, 0.25) is 0 Å². The SMILES string of the molecule is CN=C(NCCc1nc(C(F)(F)F)cs1)N1CCCC2(CCCOC2)C1. The van der Waals surface area contributed by atoms with Crippen molar-refractivity contribution in [3.8, 4) is 0 Å². The van der Waals surface area contributed by atoms with E-state index in [9.17, 15) is 13.2 Å². The Bertz CT molecular complexity index is 620. The Morgan fingerprint density at radius 1 is 1.42 bits per heavy atom. The van der Waals surface area contributed by atoms with E-state index in [1.54, 1.807) is 7.05 Å². The number of aliphatic imine (C=N–C) groups is 1. The molecule has 0 saturated carbocycles. The fourth-order valence-electron chi connectivity index (χ4n) is 3.79. The molecule has 1 unspecified atom stereocenters. The van der Waals surface area contributed by atoms with Crippen LogP contribution in [0.3, 0.4) is 0 Å². The molecule has 2 saturated heterocycles. The molecule has 1 atom stereocenters. The van der Waals surface area contributed by atoms with Gasteiger partial charge >= 0.3 is 6.18 Å². The highest BCUT2D eigenvalue weighted by atomic mass is 32.1. The molecule has 3 heterocycles. The van der Waals surface area contributed by atoms with Crippen molar-refractivity contribution in [2.75, 3.05) is 39.9 Å². The highest BCUT2D eigenvalue weighted by Gasteiger charge is 2.38. The Morgan fingerprint density at radius 3 is 2.88 bits per heavy atom. The molecule has 1 aromatic rings. The van der Waals surface area contributed by atoms with E-state index in [0.717, 1.165) is 61.8 Å². The first kappa shape index (κ1) is 19.4. The summed E-state index contributed by atoms with van der Waals surface area (Å²) in [6, 6.07) is 0. The molecule has 146 valence electrons. The third-order valence-electron chi connectivity index (χ3n) is 5.04. The van der Waals surface area contributed by atoms with E-state index in [2.05, 4.69) is 20.2 Å². The number of hydrogen-bond acceptors (Lipinski definition) is 4. The van der Waals surface area contributed by atoms with Crippen molar-refractivity contribution in [1.29, 1.82) is 0 Å². The van der Waals surface area contributed by atoms with Crippen molar-refractivity contribution < 1.29 is 17.9 Å². The van der Waals surface area contributed by atoms with Gasteiger partial charge in [0.25, 0.3) is 0 Å². The average molecular weight is 390 g/mol. The van der Waals surface area contributed by atoms with E-state index in [-0.39, 0.29) is 5.41 Å². The minimum absolute atomic E-state index is 0.213. The van der Waals surface area contributed by atoms with E-state index in [4.69, 9.17) is 4.74 Å². The number of rotatable bonds is 3. The van der Waals surface area contributed by atoms with Crippen LogP contribution in [-0.2, 0) is 17.3 Å². The first-order valence-electron chi connectivity index (χ1n) is 8.97. The Labute approximate surface area is 155 Å².